The first-order valence-electron chi connectivity index (χ1n) is 11.9. The summed E-state index contributed by atoms with van der Waals surface area (Å²) in [7, 11) is 0. The second-order valence-corrected chi connectivity index (χ2v) is 9.92. The van der Waals surface area contributed by atoms with Crippen LogP contribution in [0.4, 0.5) is 17.3 Å². The predicted molar refractivity (Wildman–Crippen MR) is 139 cm³/mol. The zero-order valence-corrected chi connectivity index (χ0v) is 20.4. The zero-order valence-electron chi connectivity index (χ0n) is 19.6. The highest BCUT2D eigenvalue weighted by atomic mass is 35.5. The molecule has 4 nitrogen and oxygen atoms in total. The van der Waals surface area contributed by atoms with E-state index in [1.165, 1.54) is 36.1 Å². The SMILES string of the molecule is C/C=C(\c1ccc(C)cc1)c1nc(Nc2cc(C3CC3)cc(N3CCC(C)C3)c2)ncc1Cl. The van der Waals surface area contributed by atoms with Gasteiger partial charge in [-0.2, -0.15) is 0 Å². The molecule has 170 valence electrons. The van der Waals surface area contributed by atoms with Crippen LogP contribution in [0.1, 0.15) is 61.4 Å². The van der Waals surface area contributed by atoms with Crippen molar-refractivity contribution in [3.63, 3.8) is 0 Å². The summed E-state index contributed by atoms with van der Waals surface area (Å²) in [6.07, 6.45) is 7.57. The Morgan fingerprint density at radius 1 is 1.12 bits per heavy atom. The topological polar surface area (TPSA) is 41.1 Å². The van der Waals surface area contributed by atoms with Gasteiger partial charge in [-0.05, 0) is 74.3 Å². The lowest BCUT2D eigenvalue weighted by Crippen LogP contribution is -2.19. The lowest BCUT2D eigenvalue weighted by molar-refractivity contribution is 0.659. The number of allylic oxidation sites excluding steroid dienone is 1. The van der Waals surface area contributed by atoms with Crippen LogP contribution in [-0.4, -0.2) is 23.1 Å². The number of aromatic nitrogens is 2. The van der Waals surface area contributed by atoms with Gasteiger partial charge in [-0.25, -0.2) is 9.97 Å². The van der Waals surface area contributed by atoms with E-state index in [4.69, 9.17) is 16.6 Å². The molecule has 0 radical (unpaired) electrons. The highest BCUT2D eigenvalue weighted by Gasteiger charge is 2.26. The van der Waals surface area contributed by atoms with Gasteiger partial charge in [-0.1, -0.05) is 54.4 Å². The Hall–Kier alpha value is -2.85. The highest BCUT2D eigenvalue weighted by molar-refractivity contribution is 6.32. The van der Waals surface area contributed by atoms with Crippen LogP contribution in [0.3, 0.4) is 0 Å². The van der Waals surface area contributed by atoms with Crippen molar-refractivity contribution in [2.24, 2.45) is 5.92 Å². The molecule has 33 heavy (non-hydrogen) atoms. The molecule has 1 saturated heterocycles. The first-order chi connectivity index (χ1) is 16.0. The summed E-state index contributed by atoms with van der Waals surface area (Å²) in [5.41, 5.74) is 7.82. The number of halogens is 1. The van der Waals surface area contributed by atoms with Gasteiger partial charge in [0.05, 0.1) is 16.9 Å². The minimum absolute atomic E-state index is 0.549. The molecule has 2 aromatic carbocycles. The molecule has 2 heterocycles. The standard InChI is InChI=1S/C28H31ClN4/c1-4-25(21-7-5-18(2)6-8-21)27-26(29)16-30-28(32-27)31-23-13-22(20-9-10-20)14-24(15-23)33-12-11-19(3)17-33/h4-8,13-16,19-20H,9-12,17H2,1-3H3,(H,30,31,32)/b25-4+. The van der Waals surface area contributed by atoms with Crippen LogP contribution < -0.4 is 10.2 Å². The van der Waals surface area contributed by atoms with E-state index in [-0.39, 0.29) is 0 Å². The molecule has 1 aromatic heterocycles. The van der Waals surface area contributed by atoms with Crippen LogP contribution in [-0.2, 0) is 0 Å². The third-order valence-electron chi connectivity index (χ3n) is 6.68. The summed E-state index contributed by atoms with van der Waals surface area (Å²) in [5.74, 6) is 1.99. The molecular formula is C28H31ClN4. The average molecular weight is 459 g/mol. The number of benzene rings is 2. The molecule has 2 aliphatic rings. The van der Waals surface area contributed by atoms with Gasteiger partial charge in [0, 0.05) is 30.0 Å². The van der Waals surface area contributed by atoms with Crippen molar-refractivity contribution < 1.29 is 0 Å². The maximum Gasteiger partial charge on any atom is 0.227 e. The maximum absolute atomic E-state index is 6.55. The lowest BCUT2D eigenvalue weighted by Gasteiger charge is -2.21. The van der Waals surface area contributed by atoms with Gasteiger partial charge >= 0.3 is 0 Å². The maximum atomic E-state index is 6.55. The number of aryl methyl sites for hydroxylation is 1. The van der Waals surface area contributed by atoms with Gasteiger partial charge < -0.3 is 10.2 Å². The molecule has 1 aliphatic carbocycles. The zero-order chi connectivity index (χ0) is 22.9. The second-order valence-electron chi connectivity index (χ2n) is 9.51. The van der Waals surface area contributed by atoms with Gasteiger partial charge in [0.25, 0.3) is 0 Å². The third kappa shape index (κ3) is 4.91. The van der Waals surface area contributed by atoms with E-state index in [0.29, 0.717) is 16.9 Å². The van der Waals surface area contributed by atoms with Crippen LogP contribution in [0.5, 0.6) is 0 Å². The average Bonchev–Trinajstić information content (AvgIpc) is 3.58. The van der Waals surface area contributed by atoms with Gasteiger partial charge in [-0.3, -0.25) is 0 Å². The van der Waals surface area contributed by atoms with Crippen molar-refractivity contribution in [2.45, 2.75) is 46.0 Å². The first-order valence-corrected chi connectivity index (χ1v) is 12.3. The molecule has 5 rings (SSSR count). The van der Waals surface area contributed by atoms with E-state index in [1.807, 2.05) is 6.92 Å². The molecule has 3 aromatic rings. The Kier molecular flexibility index (Phi) is 6.11. The van der Waals surface area contributed by atoms with E-state index in [2.05, 4.69) is 77.6 Å². The van der Waals surface area contributed by atoms with Crippen LogP contribution in [0.25, 0.3) is 5.57 Å². The fourth-order valence-electron chi connectivity index (χ4n) is 4.63. The van der Waals surface area contributed by atoms with Gasteiger partial charge in [0.1, 0.15) is 0 Å². The smallest absolute Gasteiger partial charge is 0.227 e. The summed E-state index contributed by atoms with van der Waals surface area (Å²) < 4.78 is 0. The molecule has 1 N–H and O–H groups in total. The summed E-state index contributed by atoms with van der Waals surface area (Å²) in [5, 5.41) is 4.02. The third-order valence-corrected chi connectivity index (χ3v) is 6.96. The van der Waals surface area contributed by atoms with Crippen molar-refractivity contribution in [3.05, 3.63) is 82.1 Å². The van der Waals surface area contributed by atoms with Crippen LogP contribution in [0.15, 0.2) is 54.7 Å². The van der Waals surface area contributed by atoms with E-state index in [1.54, 1.807) is 6.20 Å². The fraction of sp³-hybridized carbons (Fsp3) is 0.357. The van der Waals surface area contributed by atoms with Crippen LogP contribution in [0, 0.1) is 12.8 Å². The number of anilines is 3. The first kappa shape index (κ1) is 22.0. The predicted octanol–water partition coefficient (Wildman–Crippen LogP) is 7.36. The van der Waals surface area contributed by atoms with Crippen molar-refractivity contribution in [3.8, 4) is 0 Å². The molecule has 5 heteroatoms. The fourth-order valence-corrected chi connectivity index (χ4v) is 4.82. The van der Waals surface area contributed by atoms with E-state index in [0.717, 1.165) is 41.5 Å². The molecule has 1 saturated carbocycles. The molecule has 0 spiro atoms. The lowest BCUT2D eigenvalue weighted by atomic mass is 10.0. The number of hydrogen-bond acceptors (Lipinski definition) is 4. The normalized spacial score (nSPS) is 18.6. The monoisotopic (exact) mass is 458 g/mol. The molecule has 1 atom stereocenters. The Morgan fingerprint density at radius 2 is 1.91 bits per heavy atom. The quantitative estimate of drug-likeness (QED) is 0.419. The van der Waals surface area contributed by atoms with Crippen molar-refractivity contribution in [1.82, 2.24) is 9.97 Å². The summed E-state index contributed by atoms with van der Waals surface area (Å²) in [6.45, 7) is 8.68. The van der Waals surface area contributed by atoms with Crippen LogP contribution in [0.2, 0.25) is 5.02 Å². The molecule has 0 bridgehead atoms. The number of hydrogen-bond donors (Lipinski definition) is 1. The van der Waals surface area contributed by atoms with Gasteiger partial charge in [0.2, 0.25) is 5.95 Å². The minimum Gasteiger partial charge on any atom is -0.371 e. The summed E-state index contributed by atoms with van der Waals surface area (Å²) >= 11 is 6.55. The largest absolute Gasteiger partial charge is 0.371 e. The molecule has 1 unspecified atom stereocenters. The Bertz CT molecular complexity index is 1180. The Morgan fingerprint density at radius 3 is 2.58 bits per heavy atom. The number of nitrogens with zero attached hydrogens (tertiary/aromatic N) is 3. The van der Waals surface area contributed by atoms with Gasteiger partial charge in [0.15, 0.2) is 0 Å². The highest BCUT2D eigenvalue weighted by Crippen LogP contribution is 2.43. The summed E-state index contributed by atoms with van der Waals surface area (Å²) in [6, 6.07) is 15.3. The van der Waals surface area contributed by atoms with Crippen molar-refractivity contribution in [2.75, 3.05) is 23.3 Å². The van der Waals surface area contributed by atoms with E-state index < -0.39 is 0 Å². The van der Waals surface area contributed by atoms with Crippen molar-refractivity contribution >= 4 is 34.5 Å². The number of nitrogens with one attached hydrogen (secondary N) is 1. The second kappa shape index (κ2) is 9.18. The molecule has 0 amide bonds. The number of rotatable bonds is 6. The summed E-state index contributed by atoms with van der Waals surface area (Å²) in [4.78, 5) is 11.8. The van der Waals surface area contributed by atoms with Crippen molar-refractivity contribution in [1.29, 1.82) is 0 Å². The Balaban J connectivity index is 1.46. The molecule has 1 aliphatic heterocycles. The van der Waals surface area contributed by atoms with Crippen LogP contribution >= 0.6 is 11.6 Å². The van der Waals surface area contributed by atoms with E-state index in [9.17, 15) is 0 Å². The molecule has 2 fully saturated rings. The van der Waals surface area contributed by atoms with E-state index >= 15 is 0 Å². The minimum atomic E-state index is 0.549. The molecular weight excluding hydrogens is 428 g/mol. The Labute approximate surface area is 201 Å². The van der Waals surface area contributed by atoms with Gasteiger partial charge in [-0.15, -0.1) is 0 Å².